The highest BCUT2D eigenvalue weighted by Crippen LogP contribution is 2.47. The molecule has 1 amide bonds. The number of nitrogens with one attached hydrogen (secondary N) is 1. The number of amides is 1. The molecule has 5 heteroatoms. The van der Waals surface area contributed by atoms with Crippen LogP contribution in [0.1, 0.15) is 36.2 Å². The predicted octanol–water partition coefficient (Wildman–Crippen LogP) is 2.48. The number of hydrogen-bond acceptors (Lipinski definition) is 3. The maximum absolute atomic E-state index is 12.7. The van der Waals surface area contributed by atoms with Crippen molar-refractivity contribution in [2.75, 3.05) is 0 Å². The summed E-state index contributed by atoms with van der Waals surface area (Å²) in [6, 6.07) is 10.1. The first kappa shape index (κ1) is 16.3. The Labute approximate surface area is 148 Å². The SMILES string of the molecule is Cc1nn(-c2ccccc2)c(C)c1CNC(=O)C1C2CCC(C2)C1N. The highest BCUT2D eigenvalue weighted by atomic mass is 16.1. The van der Waals surface area contributed by atoms with Crippen LogP contribution in [0.25, 0.3) is 5.69 Å². The zero-order valence-electron chi connectivity index (χ0n) is 14.9. The molecule has 2 fully saturated rings. The lowest BCUT2D eigenvalue weighted by molar-refractivity contribution is -0.127. The van der Waals surface area contributed by atoms with Gasteiger partial charge in [0.05, 0.1) is 17.3 Å². The summed E-state index contributed by atoms with van der Waals surface area (Å²) in [6.45, 7) is 4.57. The van der Waals surface area contributed by atoms with E-state index in [1.165, 1.54) is 6.42 Å². The van der Waals surface area contributed by atoms with Crippen LogP contribution in [0.2, 0.25) is 0 Å². The zero-order chi connectivity index (χ0) is 17.6. The normalized spacial score (nSPS) is 27.6. The lowest BCUT2D eigenvalue weighted by Crippen LogP contribution is -2.45. The van der Waals surface area contributed by atoms with Crippen LogP contribution in [0.3, 0.4) is 0 Å². The Hall–Kier alpha value is -2.14. The Kier molecular flexibility index (Phi) is 4.12. The van der Waals surface area contributed by atoms with Gasteiger partial charge >= 0.3 is 0 Å². The number of aryl methyl sites for hydroxylation is 1. The highest BCUT2D eigenvalue weighted by Gasteiger charge is 2.48. The molecule has 0 saturated heterocycles. The third-order valence-electron chi connectivity index (χ3n) is 6.16. The third kappa shape index (κ3) is 2.76. The van der Waals surface area contributed by atoms with Crippen LogP contribution in [-0.4, -0.2) is 21.7 Å². The lowest BCUT2D eigenvalue weighted by atomic mass is 9.84. The second-order valence-electron chi connectivity index (χ2n) is 7.55. The summed E-state index contributed by atoms with van der Waals surface area (Å²) >= 11 is 0. The number of nitrogens with two attached hydrogens (primary N) is 1. The molecule has 1 heterocycles. The minimum Gasteiger partial charge on any atom is -0.352 e. The van der Waals surface area contributed by atoms with Gasteiger partial charge in [-0.05, 0) is 57.1 Å². The summed E-state index contributed by atoms with van der Waals surface area (Å²) in [5.74, 6) is 1.13. The molecule has 132 valence electrons. The van der Waals surface area contributed by atoms with Crippen LogP contribution in [-0.2, 0) is 11.3 Å². The van der Waals surface area contributed by atoms with E-state index in [0.29, 0.717) is 18.4 Å². The van der Waals surface area contributed by atoms with Gasteiger partial charge in [0, 0.05) is 23.8 Å². The summed E-state index contributed by atoms with van der Waals surface area (Å²) in [5.41, 5.74) is 10.5. The van der Waals surface area contributed by atoms with Gasteiger partial charge in [-0.2, -0.15) is 5.10 Å². The van der Waals surface area contributed by atoms with Gasteiger partial charge in [-0.15, -0.1) is 0 Å². The maximum Gasteiger partial charge on any atom is 0.225 e. The Morgan fingerprint density at radius 1 is 1.24 bits per heavy atom. The second kappa shape index (κ2) is 6.30. The molecule has 2 aliphatic rings. The van der Waals surface area contributed by atoms with Gasteiger partial charge in [-0.3, -0.25) is 4.79 Å². The zero-order valence-corrected chi connectivity index (χ0v) is 14.9. The summed E-state index contributed by atoms with van der Waals surface area (Å²) in [6.07, 6.45) is 3.47. The molecule has 2 aromatic rings. The first-order chi connectivity index (χ1) is 12.1. The highest BCUT2D eigenvalue weighted by molar-refractivity contribution is 5.80. The fourth-order valence-electron chi connectivity index (χ4n) is 4.77. The summed E-state index contributed by atoms with van der Waals surface area (Å²) in [4.78, 5) is 12.7. The van der Waals surface area contributed by atoms with Gasteiger partial charge in [-0.25, -0.2) is 4.68 Å². The quantitative estimate of drug-likeness (QED) is 0.899. The molecule has 0 radical (unpaired) electrons. The number of para-hydroxylation sites is 1. The topological polar surface area (TPSA) is 72.9 Å². The molecule has 2 bridgehead atoms. The van der Waals surface area contributed by atoms with Crippen molar-refractivity contribution in [3.63, 3.8) is 0 Å². The van der Waals surface area contributed by atoms with Crippen LogP contribution in [0, 0.1) is 31.6 Å². The molecular weight excluding hydrogens is 312 g/mol. The van der Waals surface area contributed by atoms with E-state index in [1.807, 2.05) is 41.9 Å². The number of nitrogens with zero attached hydrogens (tertiary/aromatic N) is 2. The fraction of sp³-hybridized carbons (Fsp3) is 0.500. The van der Waals surface area contributed by atoms with Crippen LogP contribution in [0.4, 0.5) is 0 Å². The average molecular weight is 338 g/mol. The molecule has 4 atom stereocenters. The molecule has 3 N–H and O–H groups in total. The molecule has 1 aromatic carbocycles. The van der Waals surface area contributed by atoms with E-state index in [-0.39, 0.29) is 17.9 Å². The van der Waals surface area contributed by atoms with Crippen molar-refractivity contribution in [1.82, 2.24) is 15.1 Å². The Bertz CT molecular complexity index is 780. The molecule has 2 aliphatic carbocycles. The lowest BCUT2D eigenvalue weighted by Gasteiger charge is -2.27. The molecular formula is C20H26N4O. The van der Waals surface area contributed by atoms with Crippen molar-refractivity contribution in [1.29, 1.82) is 0 Å². The Morgan fingerprint density at radius 3 is 2.64 bits per heavy atom. The molecule has 1 aromatic heterocycles. The van der Waals surface area contributed by atoms with Gasteiger partial charge in [-0.1, -0.05) is 18.2 Å². The number of hydrogen-bond donors (Lipinski definition) is 2. The van der Waals surface area contributed by atoms with Crippen LogP contribution in [0.5, 0.6) is 0 Å². The number of carbonyl (C=O) groups excluding carboxylic acids is 1. The largest absolute Gasteiger partial charge is 0.352 e. The molecule has 5 nitrogen and oxygen atoms in total. The van der Waals surface area contributed by atoms with Crippen molar-refractivity contribution >= 4 is 5.91 Å². The van der Waals surface area contributed by atoms with E-state index in [1.54, 1.807) is 0 Å². The number of rotatable bonds is 4. The molecule has 4 rings (SSSR count). The molecule has 25 heavy (non-hydrogen) atoms. The first-order valence-electron chi connectivity index (χ1n) is 9.20. The monoisotopic (exact) mass is 338 g/mol. The van der Waals surface area contributed by atoms with Crippen molar-refractivity contribution in [3.8, 4) is 5.69 Å². The van der Waals surface area contributed by atoms with Crippen molar-refractivity contribution in [3.05, 3.63) is 47.3 Å². The van der Waals surface area contributed by atoms with Gasteiger partial charge in [0.25, 0.3) is 0 Å². The van der Waals surface area contributed by atoms with Gasteiger partial charge in [0.15, 0.2) is 0 Å². The van der Waals surface area contributed by atoms with Gasteiger partial charge < -0.3 is 11.1 Å². The van der Waals surface area contributed by atoms with Gasteiger partial charge in [0.1, 0.15) is 0 Å². The number of aromatic nitrogens is 2. The van der Waals surface area contributed by atoms with Crippen molar-refractivity contribution in [2.45, 2.75) is 45.7 Å². The van der Waals surface area contributed by atoms with Crippen LogP contribution >= 0.6 is 0 Å². The standard InChI is InChI=1S/C20H26N4O/c1-12-17(13(2)24(23-12)16-6-4-3-5-7-16)11-22-20(25)18-14-8-9-15(10-14)19(18)21/h3-7,14-15,18-19H,8-11,21H2,1-2H3,(H,22,25). The van der Waals surface area contributed by atoms with E-state index in [2.05, 4.69) is 17.3 Å². The van der Waals surface area contributed by atoms with Crippen molar-refractivity contribution < 1.29 is 4.79 Å². The van der Waals surface area contributed by atoms with E-state index in [4.69, 9.17) is 5.73 Å². The van der Waals surface area contributed by atoms with E-state index >= 15 is 0 Å². The summed E-state index contributed by atoms with van der Waals surface area (Å²) < 4.78 is 1.94. The molecule has 2 saturated carbocycles. The molecule has 0 spiro atoms. The van der Waals surface area contributed by atoms with E-state index in [9.17, 15) is 4.79 Å². The van der Waals surface area contributed by atoms with E-state index in [0.717, 1.165) is 35.5 Å². The summed E-state index contributed by atoms with van der Waals surface area (Å²) in [7, 11) is 0. The van der Waals surface area contributed by atoms with Crippen LogP contribution < -0.4 is 11.1 Å². The maximum atomic E-state index is 12.7. The first-order valence-corrected chi connectivity index (χ1v) is 9.20. The average Bonchev–Trinajstić information content (AvgIpc) is 3.28. The third-order valence-corrected chi connectivity index (χ3v) is 6.16. The Morgan fingerprint density at radius 2 is 1.96 bits per heavy atom. The minimum atomic E-state index is -0.0106. The van der Waals surface area contributed by atoms with Crippen LogP contribution in [0.15, 0.2) is 30.3 Å². The second-order valence-corrected chi connectivity index (χ2v) is 7.55. The number of carbonyl (C=O) groups is 1. The minimum absolute atomic E-state index is 0.0106. The van der Waals surface area contributed by atoms with Gasteiger partial charge in [0.2, 0.25) is 5.91 Å². The smallest absolute Gasteiger partial charge is 0.225 e. The summed E-state index contributed by atoms with van der Waals surface area (Å²) in [5, 5.41) is 7.78. The predicted molar refractivity (Wildman–Crippen MR) is 97.2 cm³/mol. The fourth-order valence-corrected chi connectivity index (χ4v) is 4.77. The molecule has 4 unspecified atom stereocenters. The Balaban J connectivity index is 1.48. The molecule has 0 aliphatic heterocycles. The van der Waals surface area contributed by atoms with E-state index < -0.39 is 0 Å². The number of fused-ring (bicyclic) bond motifs is 2. The number of benzene rings is 1. The van der Waals surface area contributed by atoms with Crippen molar-refractivity contribution in [2.24, 2.45) is 23.5 Å².